The van der Waals surface area contributed by atoms with Crippen LogP contribution in [0.4, 0.5) is 0 Å². The normalized spacial score (nSPS) is 11.0. The summed E-state index contributed by atoms with van der Waals surface area (Å²) in [5.41, 5.74) is 4.09. The van der Waals surface area contributed by atoms with Crippen LogP contribution in [-0.2, 0) is 6.54 Å². The lowest BCUT2D eigenvalue weighted by molar-refractivity contribution is 0.0952. The summed E-state index contributed by atoms with van der Waals surface area (Å²) in [6.45, 7) is 5.46. The van der Waals surface area contributed by atoms with Crippen LogP contribution >= 0.6 is 0 Å². The van der Waals surface area contributed by atoms with E-state index in [4.69, 9.17) is 0 Å². The van der Waals surface area contributed by atoms with Crippen LogP contribution in [0.3, 0.4) is 0 Å². The Bertz CT molecular complexity index is 788. The maximum Gasteiger partial charge on any atom is 0.251 e. The number of H-pyrrole nitrogens is 1. The molecule has 0 aliphatic carbocycles. The van der Waals surface area contributed by atoms with Gasteiger partial charge in [0.05, 0.1) is 0 Å². The minimum absolute atomic E-state index is 0.0428. The van der Waals surface area contributed by atoms with Crippen molar-refractivity contribution in [3.05, 3.63) is 47.7 Å². The van der Waals surface area contributed by atoms with Gasteiger partial charge in [0.15, 0.2) is 0 Å². The minimum Gasteiger partial charge on any atom is -0.358 e. The van der Waals surface area contributed by atoms with Gasteiger partial charge in [0, 0.05) is 35.2 Å². The van der Waals surface area contributed by atoms with E-state index < -0.39 is 0 Å². The summed E-state index contributed by atoms with van der Waals surface area (Å²) in [6.07, 6.45) is 4.00. The van der Waals surface area contributed by atoms with E-state index in [0.29, 0.717) is 12.1 Å². The number of rotatable bonds is 5. The Morgan fingerprint density at radius 2 is 2.23 bits per heavy atom. The van der Waals surface area contributed by atoms with Gasteiger partial charge in [0.2, 0.25) is 0 Å². The molecule has 0 saturated heterocycles. The largest absolute Gasteiger partial charge is 0.358 e. The van der Waals surface area contributed by atoms with Crippen molar-refractivity contribution in [2.45, 2.75) is 26.8 Å². The third-order valence-corrected chi connectivity index (χ3v) is 3.89. The summed E-state index contributed by atoms with van der Waals surface area (Å²) < 4.78 is 1.75. The van der Waals surface area contributed by atoms with E-state index in [1.54, 1.807) is 11.0 Å². The summed E-state index contributed by atoms with van der Waals surface area (Å²) in [5.74, 6) is -0.0428. The van der Waals surface area contributed by atoms with Crippen LogP contribution in [0.15, 0.2) is 30.9 Å². The van der Waals surface area contributed by atoms with E-state index in [1.807, 2.05) is 25.1 Å². The standard InChI is InChI=1S/C16H19N5O/c1-11-12(2)20-15-5-4-13(8-14(11)15)16(22)18-6-3-7-21-10-17-9-19-21/h4-5,8-10,20H,3,6-7H2,1-2H3,(H,18,22). The van der Waals surface area contributed by atoms with Gasteiger partial charge in [-0.15, -0.1) is 0 Å². The number of hydrogen-bond acceptors (Lipinski definition) is 3. The van der Waals surface area contributed by atoms with Crippen LogP contribution in [0.5, 0.6) is 0 Å². The van der Waals surface area contributed by atoms with Crippen molar-refractivity contribution in [1.29, 1.82) is 0 Å². The molecule has 3 rings (SSSR count). The fraction of sp³-hybridized carbons (Fsp3) is 0.312. The third kappa shape index (κ3) is 2.86. The molecular formula is C16H19N5O. The molecule has 2 aromatic heterocycles. The van der Waals surface area contributed by atoms with Crippen molar-refractivity contribution in [2.75, 3.05) is 6.54 Å². The summed E-state index contributed by atoms with van der Waals surface area (Å²) >= 11 is 0. The van der Waals surface area contributed by atoms with E-state index in [1.165, 1.54) is 11.9 Å². The molecule has 2 heterocycles. The van der Waals surface area contributed by atoms with Crippen LogP contribution in [0.2, 0.25) is 0 Å². The predicted molar refractivity (Wildman–Crippen MR) is 84.7 cm³/mol. The summed E-state index contributed by atoms with van der Waals surface area (Å²) in [7, 11) is 0. The Kier molecular flexibility index (Phi) is 3.91. The van der Waals surface area contributed by atoms with Gasteiger partial charge in [-0.3, -0.25) is 9.48 Å². The highest BCUT2D eigenvalue weighted by atomic mass is 16.1. The Morgan fingerprint density at radius 3 is 3.00 bits per heavy atom. The molecule has 0 fully saturated rings. The van der Waals surface area contributed by atoms with Gasteiger partial charge in [0.1, 0.15) is 12.7 Å². The molecule has 0 bridgehead atoms. The van der Waals surface area contributed by atoms with Crippen LogP contribution in [0, 0.1) is 13.8 Å². The first-order chi connectivity index (χ1) is 10.6. The van der Waals surface area contributed by atoms with Gasteiger partial charge in [-0.2, -0.15) is 5.10 Å². The van der Waals surface area contributed by atoms with Gasteiger partial charge in [0.25, 0.3) is 5.91 Å². The first-order valence-corrected chi connectivity index (χ1v) is 7.34. The van der Waals surface area contributed by atoms with Crippen molar-refractivity contribution in [3.63, 3.8) is 0 Å². The SMILES string of the molecule is Cc1[nH]c2ccc(C(=O)NCCCn3cncn3)cc2c1C. The summed E-state index contributed by atoms with van der Waals surface area (Å²) in [6, 6.07) is 5.76. The molecule has 114 valence electrons. The smallest absolute Gasteiger partial charge is 0.251 e. The molecule has 6 nitrogen and oxygen atoms in total. The Labute approximate surface area is 128 Å². The number of amides is 1. The highest BCUT2D eigenvalue weighted by Gasteiger charge is 2.09. The number of aromatic amines is 1. The molecule has 0 unspecified atom stereocenters. The third-order valence-electron chi connectivity index (χ3n) is 3.89. The molecule has 1 aromatic carbocycles. The van der Waals surface area contributed by atoms with E-state index in [-0.39, 0.29) is 5.91 Å². The number of carbonyl (C=O) groups excluding carboxylic acids is 1. The van der Waals surface area contributed by atoms with E-state index in [2.05, 4.69) is 27.3 Å². The molecule has 0 atom stereocenters. The molecule has 3 aromatic rings. The Hall–Kier alpha value is -2.63. The van der Waals surface area contributed by atoms with E-state index >= 15 is 0 Å². The quantitative estimate of drug-likeness (QED) is 0.709. The van der Waals surface area contributed by atoms with E-state index in [9.17, 15) is 4.79 Å². The minimum atomic E-state index is -0.0428. The number of aromatic nitrogens is 4. The zero-order chi connectivity index (χ0) is 15.5. The zero-order valence-corrected chi connectivity index (χ0v) is 12.8. The lowest BCUT2D eigenvalue weighted by atomic mass is 10.1. The Morgan fingerprint density at radius 1 is 1.36 bits per heavy atom. The average Bonchev–Trinajstić information content (AvgIpc) is 3.13. The molecule has 0 saturated carbocycles. The first-order valence-electron chi connectivity index (χ1n) is 7.34. The topological polar surface area (TPSA) is 75.6 Å². The lowest BCUT2D eigenvalue weighted by Crippen LogP contribution is -2.25. The molecule has 22 heavy (non-hydrogen) atoms. The maximum absolute atomic E-state index is 12.2. The van der Waals surface area contributed by atoms with Crippen LogP contribution in [-0.4, -0.2) is 32.2 Å². The fourth-order valence-corrected chi connectivity index (χ4v) is 2.50. The predicted octanol–water partition coefficient (Wildman–Crippen LogP) is 2.20. The van der Waals surface area contributed by atoms with Crippen molar-refractivity contribution in [1.82, 2.24) is 25.1 Å². The monoisotopic (exact) mass is 297 g/mol. The molecule has 2 N–H and O–H groups in total. The number of hydrogen-bond donors (Lipinski definition) is 2. The van der Waals surface area contributed by atoms with E-state index in [0.717, 1.165) is 29.6 Å². The maximum atomic E-state index is 12.2. The fourth-order valence-electron chi connectivity index (χ4n) is 2.50. The highest BCUT2D eigenvalue weighted by Crippen LogP contribution is 2.22. The highest BCUT2D eigenvalue weighted by molar-refractivity contribution is 5.99. The Balaban J connectivity index is 1.61. The molecule has 1 amide bonds. The second-order valence-corrected chi connectivity index (χ2v) is 5.40. The number of benzene rings is 1. The van der Waals surface area contributed by atoms with Crippen molar-refractivity contribution in [2.24, 2.45) is 0 Å². The molecule has 6 heteroatoms. The van der Waals surface area contributed by atoms with Gasteiger partial charge in [-0.25, -0.2) is 4.98 Å². The number of carbonyl (C=O) groups is 1. The number of nitrogens with zero attached hydrogens (tertiary/aromatic N) is 3. The summed E-state index contributed by atoms with van der Waals surface area (Å²) in [4.78, 5) is 19.4. The second kappa shape index (κ2) is 6.01. The van der Waals surface area contributed by atoms with Crippen LogP contribution in [0.25, 0.3) is 10.9 Å². The van der Waals surface area contributed by atoms with Crippen LogP contribution in [0.1, 0.15) is 28.0 Å². The van der Waals surface area contributed by atoms with Gasteiger partial charge < -0.3 is 10.3 Å². The zero-order valence-electron chi connectivity index (χ0n) is 12.8. The number of nitrogens with one attached hydrogen (secondary N) is 2. The average molecular weight is 297 g/mol. The van der Waals surface area contributed by atoms with Crippen molar-refractivity contribution < 1.29 is 4.79 Å². The van der Waals surface area contributed by atoms with Crippen molar-refractivity contribution in [3.8, 4) is 0 Å². The molecule has 0 aliphatic heterocycles. The van der Waals surface area contributed by atoms with Gasteiger partial charge in [-0.05, 0) is 44.0 Å². The van der Waals surface area contributed by atoms with Gasteiger partial charge >= 0.3 is 0 Å². The van der Waals surface area contributed by atoms with Gasteiger partial charge in [-0.1, -0.05) is 0 Å². The molecule has 0 aliphatic rings. The first kappa shape index (κ1) is 14.3. The second-order valence-electron chi connectivity index (χ2n) is 5.40. The van der Waals surface area contributed by atoms with Crippen molar-refractivity contribution >= 4 is 16.8 Å². The van der Waals surface area contributed by atoms with Crippen LogP contribution < -0.4 is 5.32 Å². The number of fused-ring (bicyclic) bond motifs is 1. The number of aryl methyl sites for hydroxylation is 3. The lowest BCUT2D eigenvalue weighted by Gasteiger charge is -2.06. The molecular weight excluding hydrogens is 278 g/mol. The molecule has 0 radical (unpaired) electrons. The molecule has 0 spiro atoms. The summed E-state index contributed by atoms with van der Waals surface area (Å²) in [5, 5.41) is 8.07.